The van der Waals surface area contributed by atoms with Crippen molar-refractivity contribution >= 4 is 23.7 Å². The fourth-order valence-corrected chi connectivity index (χ4v) is 2.64. The molecule has 110 valence electrons. The molecule has 3 amide bonds. The minimum absolute atomic E-state index is 0.0749. The number of primary amides is 1. The second kappa shape index (κ2) is 7.79. The number of thioether (sulfide) groups is 1. The van der Waals surface area contributed by atoms with Crippen molar-refractivity contribution in [2.24, 2.45) is 11.7 Å². The van der Waals surface area contributed by atoms with E-state index >= 15 is 0 Å². The van der Waals surface area contributed by atoms with Crippen molar-refractivity contribution in [1.29, 1.82) is 0 Å². The van der Waals surface area contributed by atoms with E-state index in [1.54, 1.807) is 0 Å². The smallest absolute Gasteiger partial charge is 0.318 e. The number of benzene rings is 1. The van der Waals surface area contributed by atoms with Crippen molar-refractivity contribution in [1.82, 2.24) is 5.32 Å². The molecule has 1 atom stereocenters. The predicted molar refractivity (Wildman–Crippen MR) is 79.8 cm³/mol. The molecular weight excluding hydrogens is 276 g/mol. The van der Waals surface area contributed by atoms with E-state index < -0.39 is 6.03 Å². The molecule has 0 aromatic heterocycles. The van der Waals surface area contributed by atoms with E-state index in [9.17, 15) is 9.59 Å². The summed E-state index contributed by atoms with van der Waals surface area (Å²) in [5.74, 6) is 0.497. The summed E-state index contributed by atoms with van der Waals surface area (Å²) in [5.41, 5.74) is 4.98. The van der Waals surface area contributed by atoms with Gasteiger partial charge in [0.05, 0.1) is 11.9 Å². The Kier molecular flexibility index (Phi) is 6.38. The van der Waals surface area contributed by atoms with E-state index in [1.807, 2.05) is 45.0 Å². The highest BCUT2D eigenvalue weighted by molar-refractivity contribution is 8.00. The van der Waals surface area contributed by atoms with Gasteiger partial charge in [-0.1, -0.05) is 13.8 Å². The number of amides is 3. The Morgan fingerprint density at radius 3 is 2.35 bits per heavy atom. The van der Waals surface area contributed by atoms with Crippen LogP contribution in [0.1, 0.15) is 20.8 Å². The number of rotatable bonds is 6. The Balaban J connectivity index is 2.75. The maximum absolute atomic E-state index is 11.9. The van der Waals surface area contributed by atoms with Crippen LogP contribution in [-0.2, 0) is 4.79 Å². The van der Waals surface area contributed by atoms with Crippen LogP contribution in [0.3, 0.4) is 0 Å². The lowest BCUT2D eigenvalue weighted by molar-refractivity contribution is -0.120. The van der Waals surface area contributed by atoms with Crippen LogP contribution < -0.4 is 15.8 Å². The van der Waals surface area contributed by atoms with Crippen molar-refractivity contribution in [3.63, 3.8) is 0 Å². The van der Waals surface area contributed by atoms with Crippen LogP contribution in [0, 0.1) is 5.92 Å². The average molecular weight is 296 g/mol. The first-order valence-electron chi connectivity index (χ1n) is 6.43. The summed E-state index contributed by atoms with van der Waals surface area (Å²) in [4.78, 5) is 23.6. The number of carbonyl (C=O) groups excluding carboxylic acids is 2. The first kappa shape index (κ1) is 16.4. The van der Waals surface area contributed by atoms with Gasteiger partial charge in [0.15, 0.2) is 0 Å². The summed E-state index contributed by atoms with van der Waals surface area (Å²) in [6, 6.07) is 6.67. The van der Waals surface area contributed by atoms with Gasteiger partial charge in [-0.25, -0.2) is 4.79 Å². The minimum Gasteiger partial charge on any atom is -0.494 e. The molecule has 0 fully saturated rings. The van der Waals surface area contributed by atoms with Gasteiger partial charge in [-0.2, -0.15) is 0 Å². The van der Waals surface area contributed by atoms with Crippen LogP contribution in [-0.4, -0.2) is 23.8 Å². The summed E-state index contributed by atoms with van der Waals surface area (Å²) in [6.07, 6.45) is 0. The molecule has 3 N–H and O–H groups in total. The molecule has 0 radical (unpaired) electrons. The first-order chi connectivity index (χ1) is 9.43. The van der Waals surface area contributed by atoms with E-state index in [0.29, 0.717) is 6.61 Å². The van der Waals surface area contributed by atoms with E-state index in [4.69, 9.17) is 10.5 Å². The second-order valence-electron chi connectivity index (χ2n) is 4.54. The summed E-state index contributed by atoms with van der Waals surface area (Å²) in [6.45, 7) is 6.38. The Bertz CT molecular complexity index is 460. The van der Waals surface area contributed by atoms with Crippen molar-refractivity contribution in [3.8, 4) is 5.75 Å². The fraction of sp³-hybridized carbons (Fsp3) is 0.429. The zero-order valence-electron chi connectivity index (χ0n) is 11.9. The van der Waals surface area contributed by atoms with Gasteiger partial charge >= 0.3 is 6.03 Å². The topological polar surface area (TPSA) is 81.4 Å². The van der Waals surface area contributed by atoms with Gasteiger partial charge in [0.1, 0.15) is 5.75 Å². The highest BCUT2D eigenvalue weighted by atomic mass is 32.2. The zero-order chi connectivity index (χ0) is 15.1. The standard InChI is InChI=1S/C14H20N2O3S/c1-4-19-10-5-7-11(8-6-10)20-12(9(2)3)13(17)16-14(15)18/h5-9,12H,4H2,1-3H3,(H3,15,16,17,18). The van der Waals surface area contributed by atoms with E-state index in [1.165, 1.54) is 11.8 Å². The van der Waals surface area contributed by atoms with Crippen LogP contribution in [0.2, 0.25) is 0 Å². The molecule has 1 unspecified atom stereocenters. The molecule has 1 aromatic carbocycles. The van der Waals surface area contributed by atoms with Gasteiger partial charge in [-0.05, 0) is 37.1 Å². The van der Waals surface area contributed by atoms with E-state index in [0.717, 1.165) is 10.6 Å². The van der Waals surface area contributed by atoms with Gasteiger partial charge in [0, 0.05) is 4.90 Å². The third-order valence-corrected chi connectivity index (χ3v) is 4.06. The molecule has 0 aliphatic carbocycles. The monoisotopic (exact) mass is 296 g/mol. The Morgan fingerprint density at radius 2 is 1.90 bits per heavy atom. The van der Waals surface area contributed by atoms with Crippen molar-refractivity contribution in [2.45, 2.75) is 30.9 Å². The highest BCUT2D eigenvalue weighted by Crippen LogP contribution is 2.29. The zero-order valence-corrected chi connectivity index (χ0v) is 12.7. The predicted octanol–water partition coefficient (Wildman–Crippen LogP) is 2.40. The minimum atomic E-state index is -0.826. The third-order valence-electron chi connectivity index (χ3n) is 2.51. The van der Waals surface area contributed by atoms with Crippen LogP contribution in [0.15, 0.2) is 29.2 Å². The van der Waals surface area contributed by atoms with Crippen molar-refractivity contribution in [2.75, 3.05) is 6.61 Å². The third kappa shape index (κ3) is 5.13. The molecule has 0 heterocycles. The lowest BCUT2D eigenvalue weighted by atomic mass is 10.1. The normalized spacial score (nSPS) is 12.0. The van der Waals surface area contributed by atoms with Crippen LogP contribution in [0.4, 0.5) is 4.79 Å². The number of hydrogen-bond acceptors (Lipinski definition) is 4. The largest absolute Gasteiger partial charge is 0.494 e. The summed E-state index contributed by atoms with van der Waals surface area (Å²) >= 11 is 1.40. The molecule has 0 bridgehead atoms. The lowest BCUT2D eigenvalue weighted by Gasteiger charge is -2.18. The highest BCUT2D eigenvalue weighted by Gasteiger charge is 2.24. The fourth-order valence-electron chi connectivity index (χ4n) is 1.61. The van der Waals surface area contributed by atoms with Gasteiger partial charge in [0.25, 0.3) is 0 Å². The molecule has 1 aromatic rings. The molecule has 6 heteroatoms. The molecule has 0 aliphatic heterocycles. The van der Waals surface area contributed by atoms with E-state index in [2.05, 4.69) is 5.32 Å². The maximum atomic E-state index is 11.9. The summed E-state index contributed by atoms with van der Waals surface area (Å²) < 4.78 is 5.36. The van der Waals surface area contributed by atoms with Crippen LogP contribution in [0.5, 0.6) is 5.75 Å². The molecule has 0 saturated heterocycles. The number of nitrogens with two attached hydrogens (primary N) is 1. The van der Waals surface area contributed by atoms with Gasteiger partial charge in [-0.15, -0.1) is 11.8 Å². The number of carbonyl (C=O) groups is 2. The average Bonchev–Trinajstić information content (AvgIpc) is 2.36. The summed E-state index contributed by atoms with van der Waals surface area (Å²) in [5, 5.41) is 1.76. The molecule has 20 heavy (non-hydrogen) atoms. The number of imide groups is 1. The molecule has 0 aliphatic rings. The quantitative estimate of drug-likeness (QED) is 0.790. The number of urea groups is 1. The van der Waals surface area contributed by atoms with Crippen molar-refractivity contribution in [3.05, 3.63) is 24.3 Å². The van der Waals surface area contributed by atoms with Crippen LogP contribution >= 0.6 is 11.8 Å². The molecular formula is C14H20N2O3S. The SMILES string of the molecule is CCOc1ccc(SC(C(=O)NC(N)=O)C(C)C)cc1. The van der Waals surface area contributed by atoms with Crippen LogP contribution in [0.25, 0.3) is 0 Å². The number of nitrogens with one attached hydrogen (secondary N) is 1. The molecule has 0 spiro atoms. The Labute approximate surface area is 123 Å². The second-order valence-corrected chi connectivity index (χ2v) is 5.76. The van der Waals surface area contributed by atoms with Gasteiger partial charge in [-0.3, -0.25) is 10.1 Å². The first-order valence-corrected chi connectivity index (χ1v) is 7.31. The van der Waals surface area contributed by atoms with E-state index in [-0.39, 0.29) is 17.1 Å². The van der Waals surface area contributed by atoms with Gasteiger partial charge < -0.3 is 10.5 Å². The lowest BCUT2D eigenvalue weighted by Crippen LogP contribution is -2.42. The Morgan fingerprint density at radius 1 is 1.30 bits per heavy atom. The van der Waals surface area contributed by atoms with Crippen molar-refractivity contribution < 1.29 is 14.3 Å². The maximum Gasteiger partial charge on any atom is 0.318 e. The van der Waals surface area contributed by atoms with Gasteiger partial charge in [0.2, 0.25) is 5.91 Å². The number of hydrogen-bond donors (Lipinski definition) is 2. The Hall–Kier alpha value is -1.69. The summed E-state index contributed by atoms with van der Waals surface area (Å²) in [7, 11) is 0. The molecule has 1 rings (SSSR count). The molecule has 0 saturated carbocycles. The molecule has 5 nitrogen and oxygen atoms in total. The number of ether oxygens (including phenoxy) is 1.